The molecular formula is C24H19FN4O2S. The van der Waals surface area contributed by atoms with Crippen LogP contribution in [-0.4, -0.2) is 18.4 Å². The van der Waals surface area contributed by atoms with Gasteiger partial charge in [0.25, 0.3) is 0 Å². The minimum atomic E-state index is -4.17. The molecule has 0 aliphatic carbocycles. The third-order valence-corrected chi connectivity index (χ3v) is 6.87. The molecule has 4 aromatic rings. The first-order valence-electron chi connectivity index (χ1n) is 9.83. The summed E-state index contributed by atoms with van der Waals surface area (Å²) in [4.78, 5) is 8.87. The Labute approximate surface area is 185 Å². The van der Waals surface area contributed by atoms with Crippen LogP contribution in [0, 0.1) is 24.1 Å². The summed E-state index contributed by atoms with van der Waals surface area (Å²) < 4.78 is 39.8. The molecular weight excluding hydrogens is 427 g/mol. The van der Waals surface area contributed by atoms with Crippen LogP contribution in [0.1, 0.15) is 22.1 Å². The second kappa shape index (κ2) is 8.73. The van der Waals surface area contributed by atoms with Gasteiger partial charge in [0.15, 0.2) is 11.1 Å². The van der Waals surface area contributed by atoms with E-state index in [9.17, 15) is 18.1 Å². The predicted molar refractivity (Wildman–Crippen MR) is 120 cm³/mol. The Morgan fingerprint density at radius 2 is 1.59 bits per heavy atom. The molecule has 0 amide bonds. The number of aromatic nitrogens is 2. The first-order valence-corrected chi connectivity index (χ1v) is 11.4. The maximum Gasteiger partial charge on any atom is 0.200 e. The summed E-state index contributed by atoms with van der Waals surface area (Å²) in [6.07, 6.45) is 0. The number of halogens is 1. The highest BCUT2D eigenvalue weighted by Crippen LogP contribution is 2.32. The van der Waals surface area contributed by atoms with E-state index in [0.717, 1.165) is 35.4 Å². The SMILES string of the molecule is Cc1ccc(CNc2nc3ccccc3nc2C(C#N)S(=O)(=O)c2ccc(F)cc2)cc1. The van der Waals surface area contributed by atoms with Crippen molar-refractivity contribution < 1.29 is 12.8 Å². The average Bonchev–Trinajstić information content (AvgIpc) is 2.79. The highest BCUT2D eigenvalue weighted by atomic mass is 32.2. The Morgan fingerprint density at radius 1 is 0.969 bits per heavy atom. The minimum Gasteiger partial charge on any atom is -0.364 e. The first kappa shape index (κ1) is 21.4. The van der Waals surface area contributed by atoms with Crippen molar-refractivity contribution in [1.29, 1.82) is 5.26 Å². The van der Waals surface area contributed by atoms with Gasteiger partial charge < -0.3 is 5.32 Å². The number of hydrogen-bond acceptors (Lipinski definition) is 6. The molecule has 0 bridgehead atoms. The lowest BCUT2D eigenvalue weighted by atomic mass is 10.1. The molecule has 1 atom stereocenters. The van der Waals surface area contributed by atoms with Crippen molar-refractivity contribution in [2.75, 3.05) is 5.32 Å². The van der Waals surface area contributed by atoms with Crippen LogP contribution in [0.4, 0.5) is 10.2 Å². The van der Waals surface area contributed by atoms with Gasteiger partial charge in [0.2, 0.25) is 9.84 Å². The monoisotopic (exact) mass is 446 g/mol. The van der Waals surface area contributed by atoms with Gasteiger partial charge in [0.1, 0.15) is 11.5 Å². The van der Waals surface area contributed by atoms with E-state index in [1.165, 1.54) is 0 Å². The quantitative estimate of drug-likeness (QED) is 0.430. The number of para-hydroxylation sites is 2. The second-order valence-electron chi connectivity index (χ2n) is 7.29. The zero-order valence-corrected chi connectivity index (χ0v) is 18.0. The number of fused-ring (bicyclic) bond motifs is 1. The summed E-state index contributed by atoms with van der Waals surface area (Å²) in [6, 6.07) is 21.1. The van der Waals surface area contributed by atoms with Crippen LogP contribution in [0.25, 0.3) is 11.0 Å². The lowest BCUT2D eigenvalue weighted by Crippen LogP contribution is -2.17. The van der Waals surface area contributed by atoms with E-state index in [4.69, 9.17) is 0 Å². The summed E-state index contributed by atoms with van der Waals surface area (Å²) in [5.74, 6) is -0.357. The Bertz CT molecular complexity index is 1410. The summed E-state index contributed by atoms with van der Waals surface area (Å²) in [7, 11) is -4.17. The number of hydrogen-bond donors (Lipinski definition) is 1. The summed E-state index contributed by atoms with van der Waals surface area (Å²) in [5, 5.41) is 11.4. The van der Waals surface area contributed by atoms with Crippen LogP contribution in [0.5, 0.6) is 0 Å². The molecule has 0 aliphatic heterocycles. The van der Waals surface area contributed by atoms with Crippen molar-refractivity contribution >= 4 is 26.7 Å². The van der Waals surface area contributed by atoms with E-state index in [1.807, 2.05) is 37.3 Å². The largest absolute Gasteiger partial charge is 0.364 e. The third-order valence-electron chi connectivity index (χ3n) is 5.00. The van der Waals surface area contributed by atoms with E-state index in [2.05, 4.69) is 15.3 Å². The number of rotatable bonds is 6. The van der Waals surface area contributed by atoms with E-state index < -0.39 is 20.9 Å². The molecule has 0 saturated carbocycles. The normalized spacial score (nSPS) is 12.3. The number of anilines is 1. The van der Waals surface area contributed by atoms with Gasteiger partial charge >= 0.3 is 0 Å². The van der Waals surface area contributed by atoms with E-state index in [0.29, 0.717) is 17.6 Å². The fourth-order valence-electron chi connectivity index (χ4n) is 3.26. The predicted octanol–water partition coefficient (Wildman–Crippen LogP) is 4.73. The molecule has 0 radical (unpaired) electrons. The van der Waals surface area contributed by atoms with Crippen molar-refractivity contribution in [3.63, 3.8) is 0 Å². The molecule has 4 rings (SSSR count). The third kappa shape index (κ3) is 4.29. The number of benzene rings is 3. The molecule has 0 fully saturated rings. The first-order chi connectivity index (χ1) is 15.4. The van der Waals surface area contributed by atoms with Gasteiger partial charge in [-0.25, -0.2) is 22.8 Å². The molecule has 1 unspecified atom stereocenters. The van der Waals surface area contributed by atoms with E-state index in [1.54, 1.807) is 24.3 Å². The Kier molecular flexibility index (Phi) is 5.84. The van der Waals surface area contributed by atoms with Crippen molar-refractivity contribution in [1.82, 2.24) is 9.97 Å². The van der Waals surface area contributed by atoms with Crippen LogP contribution in [0.3, 0.4) is 0 Å². The molecule has 160 valence electrons. The van der Waals surface area contributed by atoms with E-state index >= 15 is 0 Å². The molecule has 6 nitrogen and oxygen atoms in total. The average molecular weight is 447 g/mol. The van der Waals surface area contributed by atoms with Crippen LogP contribution in [0.15, 0.2) is 77.7 Å². The van der Waals surface area contributed by atoms with Crippen molar-refractivity contribution in [3.05, 3.63) is 95.4 Å². The van der Waals surface area contributed by atoms with Gasteiger partial charge in [0, 0.05) is 6.54 Å². The Hall–Kier alpha value is -3.83. The van der Waals surface area contributed by atoms with Crippen molar-refractivity contribution in [3.8, 4) is 6.07 Å². The van der Waals surface area contributed by atoms with Gasteiger partial charge in [-0.2, -0.15) is 5.26 Å². The van der Waals surface area contributed by atoms with Crippen LogP contribution in [0.2, 0.25) is 0 Å². The molecule has 3 aromatic carbocycles. The van der Waals surface area contributed by atoms with Crippen molar-refractivity contribution in [2.24, 2.45) is 0 Å². The smallest absolute Gasteiger partial charge is 0.200 e. The number of sulfone groups is 1. The summed E-state index contributed by atoms with van der Waals surface area (Å²) >= 11 is 0. The molecule has 1 N–H and O–H groups in total. The minimum absolute atomic E-state index is 0.00244. The lowest BCUT2D eigenvalue weighted by molar-refractivity contribution is 0.589. The van der Waals surface area contributed by atoms with Crippen LogP contribution >= 0.6 is 0 Å². The zero-order chi connectivity index (χ0) is 22.7. The summed E-state index contributed by atoms with van der Waals surface area (Å²) in [6.45, 7) is 2.36. The lowest BCUT2D eigenvalue weighted by Gasteiger charge is -2.16. The topological polar surface area (TPSA) is 95.7 Å². The van der Waals surface area contributed by atoms with Gasteiger partial charge in [-0.1, -0.05) is 42.0 Å². The zero-order valence-electron chi connectivity index (χ0n) is 17.2. The molecule has 1 aromatic heterocycles. The maximum absolute atomic E-state index is 13.3. The number of aryl methyl sites for hydroxylation is 1. The van der Waals surface area contributed by atoms with Gasteiger partial charge in [0.05, 0.1) is 22.0 Å². The standard InChI is InChI=1S/C24H19FN4O2S/c1-16-6-8-17(9-7-16)15-27-24-23(28-20-4-2-3-5-21(20)29-24)22(14-26)32(30,31)19-12-10-18(25)11-13-19/h2-13,22H,15H2,1H3,(H,27,29). The highest BCUT2D eigenvalue weighted by Gasteiger charge is 2.33. The Morgan fingerprint density at radius 3 is 2.22 bits per heavy atom. The number of nitrogens with one attached hydrogen (secondary N) is 1. The van der Waals surface area contributed by atoms with E-state index in [-0.39, 0.29) is 16.4 Å². The second-order valence-corrected chi connectivity index (χ2v) is 9.33. The van der Waals surface area contributed by atoms with Crippen LogP contribution in [-0.2, 0) is 16.4 Å². The van der Waals surface area contributed by atoms with Gasteiger partial charge in [-0.15, -0.1) is 0 Å². The number of nitrogens with zero attached hydrogens (tertiary/aromatic N) is 3. The number of nitriles is 1. The van der Waals surface area contributed by atoms with Crippen molar-refractivity contribution in [2.45, 2.75) is 23.6 Å². The fourth-order valence-corrected chi connectivity index (χ4v) is 4.64. The highest BCUT2D eigenvalue weighted by molar-refractivity contribution is 7.92. The summed E-state index contributed by atoms with van der Waals surface area (Å²) in [5.41, 5.74) is 3.13. The van der Waals surface area contributed by atoms with Crippen LogP contribution < -0.4 is 5.32 Å². The molecule has 0 saturated heterocycles. The fraction of sp³-hybridized carbons (Fsp3) is 0.125. The van der Waals surface area contributed by atoms with Gasteiger partial charge in [-0.05, 0) is 48.9 Å². The maximum atomic E-state index is 13.3. The van der Waals surface area contributed by atoms with Gasteiger partial charge in [-0.3, -0.25) is 0 Å². The molecule has 0 aliphatic rings. The molecule has 1 heterocycles. The Balaban J connectivity index is 1.79. The molecule has 8 heteroatoms. The molecule has 0 spiro atoms. The molecule has 32 heavy (non-hydrogen) atoms.